The number of halogens is 2. The highest BCUT2D eigenvalue weighted by atomic mass is 35.5. The Kier molecular flexibility index (Phi) is 2.93. The number of hydrogen-bond donors (Lipinski definition) is 0. The molecule has 0 aromatic heterocycles. The fourth-order valence-corrected chi connectivity index (χ4v) is 1.32. The Balaban J connectivity index is 3.10. The van der Waals surface area contributed by atoms with Gasteiger partial charge in [-0.05, 0) is 31.5 Å². The van der Waals surface area contributed by atoms with Crippen molar-refractivity contribution in [1.29, 1.82) is 0 Å². The predicted molar refractivity (Wildman–Crippen MR) is 47.3 cm³/mol. The summed E-state index contributed by atoms with van der Waals surface area (Å²) in [6.45, 7) is 4.16. The van der Waals surface area contributed by atoms with Crippen molar-refractivity contribution in [1.82, 2.24) is 0 Å². The molecule has 0 radical (unpaired) electrons. The summed E-state index contributed by atoms with van der Waals surface area (Å²) in [7, 11) is 0. The van der Waals surface area contributed by atoms with Gasteiger partial charge >= 0.3 is 0 Å². The molecule has 0 amide bonds. The minimum atomic E-state index is -0.332. The minimum absolute atomic E-state index is 0.328. The molecule has 12 heavy (non-hydrogen) atoms. The van der Waals surface area contributed by atoms with Crippen molar-refractivity contribution in [2.24, 2.45) is 0 Å². The highest BCUT2D eigenvalue weighted by Crippen LogP contribution is 2.29. The molecule has 0 atom stereocenters. The van der Waals surface area contributed by atoms with E-state index in [2.05, 4.69) is 0 Å². The lowest BCUT2D eigenvalue weighted by Gasteiger charge is -2.08. The molecule has 3 heteroatoms. The maximum atomic E-state index is 12.7. The molecular formula is C9H10ClFO. The normalized spacial score (nSPS) is 10.0. The van der Waals surface area contributed by atoms with Crippen LogP contribution in [0, 0.1) is 12.7 Å². The molecule has 0 saturated carbocycles. The summed E-state index contributed by atoms with van der Waals surface area (Å²) in [4.78, 5) is 0. The van der Waals surface area contributed by atoms with Crippen molar-refractivity contribution in [3.63, 3.8) is 0 Å². The van der Waals surface area contributed by atoms with E-state index in [1.165, 1.54) is 12.1 Å². The van der Waals surface area contributed by atoms with Crippen LogP contribution in [0.15, 0.2) is 12.1 Å². The first-order valence-corrected chi connectivity index (χ1v) is 4.11. The molecule has 0 aliphatic heterocycles. The first-order valence-electron chi connectivity index (χ1n) is 3.73. The highest BCUT2D eigenvalue weighted by Gasteiger charge is 2.06. The molecule has 1 nitrogen and oxygen atoms in total. The number of ether oxygens (including phenoxy) is 1. The van der Waals surface area contributed by atoms with Gasteiger partial charge in [0, 0.05) is 0 Å². The number of rotatable bonds is 2. The Morgan fingerprint density at radius 1 is 1.50 bits per heavy atom. The molecule has 0 N–H and O–H groups in total. The fourth-order valence-electron chi connectivity index (χ4n) is 1.02. The second-order valence-corrected chi connectivity index (χ2v) is 2.87. The third kappa shape index (κ3) is 1.89. The van der Waals surface area contributed by atoms with Gasteiger partial charge in [-0.2, -0.15) is 0 Å². The van der Waals surface area contributed by atoms with E-state index < -0.39 is 0 Å². The van der Waals surface area contributed by atoms with E-state index in [0.29, 0.717) is 17.4 Å². The van der Waals surface area contributed by atoms with Crippen molar-refractivity contribution >= 4 is 11.6 Å². The van der Waals surface area contributed by atoms with Gasteiger partial charge in [0.2, 0.25) is 0 Å². The Morgan fingerprint density at radius 2 is 2.17 bits per heavy atom. The van der Waals surface area contributed by atoms with E-state index in [1.807, 2.05) is 6.92 Å². The van der Waals surface area contributed by atoms with Crippen LogP contribution in [-0.2, 0) is 0 Å². The van der Waals surface area contributed by atoms with Crippen molar-refractivity contribution in [3.05, 3.63) is 28.5 Å². The molecule has 0 aliphatic rings. The van der Waals surface area contributed by atoms with Gasteiger partial charge in [0.1, 0.15) is 11.6 Å². The monoisotopic (exact) mass is 188 g/mol. The van der Waals surface area contributed by atoms with Gasteiger partial charge < -0.3 is 4.74 Å². The predicted octanol–water partition coefficient (Wildman–Crippen LogP) is 3.19. The molecule has 1 rings (SSSR count). The van der Waals surface area contributed by atoms with Crippen molar-refractivity contribution in [2.75, 3.05) is 6.61 Å². The zero-order valence-corrected chi connectivity index (χ0v) is 7.78. The molecule has 0 bridgehead atoms. The van der Waals surface area contributed by atoms with Crippen LogP contribution in [0.2, 0.25) is 5.02 Å². The quantitative estimate of drug-likeness (QED) is 0.693. The van der Waals surface area contributed by atoms with Gasteiger partial charge in [-0.25, -0.2) is 4.39 Å². The molecular weight excluding hydrogens is 179 g/mol. The van der Waals surface area contributed by atoms with Gasteiger partial charge in [0.05, 0.1) is 11.6 Å². The number of benzene rings is 1. The summed E-state index contributed by atoms with van der Waals surface area (Å²) in [6, 6.07) is 2.65. The van der Waals surface area contributed by atoms with Crippen LogP contribution in [0.1, 0.15) is 12.5 Å². The van der Waals surface area contributed by atoms with Crippen LogP contribution < -0.4 is 4.74 Å². The van der Waals surface area contributed by atoms with Crippen LogP contribution in [-0.4, -0.2) is 6.61 Å². The van der Waals surface area contributed by atoms with Crippen molar-refractivity contribution in [3.8, 4) is 5.75 Å². The molecule has 66 valence electrons. The molecule has 0 aliphatic carbocycles. The Morgan fingerprint density at radius 3 is 2.67 bits per heavy atom. The molecule has 1 aromatic carbocycles. The lowest BCUT2D eigenvalue weighted by molar-refractivity contribution is 0.337. The SMILES string of the molecule is CCOc1c(C)cc(F)cc1Cl. The Labute approximate surface area is 76.1 Å². The first kappa shape index (κ1) is 9.33. The zero-order chi connectivity index (χ0) is 9.14. The van der Waals surface area contributed by atoms with Gasteiger partial charge in [-0.1, -0.05) is 11.6 Å². The summed E-state index contributed by atoms with van der Waals surface area (Å²) in [5.74, 6) is 0.238. The fraction of sp³-hybridized carbons (Fsp3) is 0.333. The highest BCUT2D eigenvalue weighted by molar-refractivity contribution is 6.32. The van der Waals surface area contributed by atoms with E-state index in [4.69, 9.17) is 16.3 Å². The minimum Gasteiger partial charge on any atom is -0.492 e. The average molecular weight is 189 g/mol. The first-order chi connectivity index (χ1) is 5.65. The lowest BCUT2D eigenvalue weighted by atomic mass is 10.2. The third-order valence-corrected chi connectivity index (χ3v) is 1.76. The third-order valence-electron chi connectivity index (χ3n) is 1.48. The zero-order valence-electron chi connectivity index (χ0n) is 7.03. The number of hydrogen-bond acceptors (Lipinski definition) is 1. The van der Waals surface area contributed by atoms with E-state index in [9.17, 15) is 4.39 Å². The largest absolute Gasteiger partial charge is 0.492 e. The molecule has 1 aromatic rings. The van der Waals surface area contributed by atoms with Gasteiger partial charge in [-0.15, -0.1) is 0 Å². The topological polar surface area (TPSA) is 9.23 Å². The molecule has 0 fully saturated rings. The summed E-state index contributed by atoms with van der Waals surface area (Å²) in [6.07, 6.45) is 0. The van der Waals surface area contributed by atoms with E-state index in [0.717, 1.165) is 5.56 Å². The molecule has 0 saturated heterocycles. The van der Waals surface area contributed by atoms with Crippen LogP contribution >= 0.6 is 11.6 Å². The Hall–Kier alpha value is -0.760. The lowest BCUT2D eigenvalue weighted by Crippen LogP contribution is -1.95. The Bertz CT molecular complexity index is 263. The van der Waals surface area contributed by atoms with E-state index >= 15 is 0 Å². The van der Waals surface area contributed by atoms with Gasteiger partial charge in [-0.3, -0.25) is 0 Å². The van der Waals surface area contributed by atoms with E-state index in [-0.39, 0.29) is 5.82 Å². The molecule has 0 heterocycles. The van der Waals surface area contributed by atoms with Crippen LogP contribution in [0.25, 0.3) is 0 Å². The molecule has 0 spiro atoms. The van der Waals surface area contributed by atoms with Crippen molar-refractivity contribution < 1.29 is 9.13 Å². The van der Waals surface area contributed by atoms with Crippen molar-refractivity contribution in [2.45, 2.75) is 13.8 Å². The second-order valence-electron chi connectivity index (χ2n) is 2.47. The van der Waals surface area contributed by atoms with Gasteiger partial charge in [0.25, 0.3) is 0 Å². The molecule has 0 unspecified atom stereocenters. The maximum absolute atomic E-state index is 12.7. The summed E-state index contributed by atoms with van der Waals surface area (Å²) in [5.41, 5.74) is 0.724. The second kappa shape index (κ2) is 3.76. The number of aryl methyl sites for hydroxylation is 1. The standard InChI is InChI=1S/C9H10ClFO/c1-3-12-9-6(2)4-7(11)5-8(9)10/h4-5H,3H2,1-2H3. The summed E-state index contributed by atoms with van der Waals surface area (Å²) >= 11 is 5.75. The average Bonchev–Trinajstić information content (AvgIpc) is 1.96. The van der Waals surface area contributed by atoms with Crippen LogP contribution in [0.4, 0.5) is 4.39 Å². The summed E-state index contributed by atoms with van der Waals surface area (Å²) < 4.78 is 17.9. The summed E-state index contributed by atoms with van der Waals surface area (Å²) in [5, 5.41) is 0.328. The smallest absolute Gasteiger partial charge is 0.140 e. The van der Waals surface area contributed by atoms with E-state index in [1.54, 1.807) is 6.92 Å². The van der Waals surface area contributed by atoms with Crippen LogP contribution in [0.3, 0.4) is 0 Å². The van der Waals surface area contributed by atoms with Gasteiger partial charge in [0.15, 0.2) is 0 Å². The maximum Gasteiger partial charge on any atom is 0.140 e. The van der Waals surface area contributed by atoms with Crippen LogP contribution in [0.5, 0.6) is 5.75 Å².